The maximum atomic E-state index is 11.4. The minimum absolute atomic E-state index is 0.219. The third kappa shape index (κ3) is 3.56. The van der Waals surface area contributed by atoms with Gasteiger partial charge in [-0.1, -0.05) is 30.1 Å². The lowest BCUT2D eigenvalue weighted by molar-refractivity contribution is -0.120. The van der Waals surface area contributed by atoms with E-state index >= 15 is 0 Å². The van der Waals surface area contributed by atoms with Gasteiger partial charge in [0.05, 0.1) is 10.3 Å². The Bertz CT molecular complexity index is 387. The van der Waals surface area contributed by atoms with Crippen LogP contribution in [0.2, 0.25) is 10.0 Å². The average molecular weight is 279 g/mol. The molecule has 0 aliphatic heterocycles. The molecule has 6 heteroatoms. The minimum atomic E-state index is -0.263. The summed E-state index contributed by atoms with van der Waals surface area (Å²) in [6, 6.07) is 5.15. The van der Waals surface area contributed by atoms with Crippen molar-refractivity contribution in [2.45, 2.75) is 23.5 Å². The second kappa shape index (κ2) is 6.35. The van der Waals surface area contributed by atoms with E-state index in [4.69, 9.17) is 29.0 Å². The minimum Gasteiger partial charge on any atom is -0.293 e. The number of thioether (sulfide) groups is 1. The highest BCUT2D eigenvalue weighted by Crippen LogP contribution is 2.33. The molecule has 1 aromatic carbocycles. The summed E-state index contributed by atoms with van der Waals surface area (Å²) in [6.07, 6.45) is 0.663. The molecular formula is C10H12Cl2N2OS. The molecule has 16 heavy (non-hydrogen) atoms. The predicted octanol–water partition coefficient (Wildman–Crippen LogP) is 2.85. The van der Waals surface area contributed by atoms with Gasteiger partial charge in [-0.25, -0.2) is 5.84 Å². The van der Waals surface area contributed by atoms with Gasteiger partial charge in [0.25, 0.3) is 0 Å². The summed E-state index contributed by atoms with van der Waals surface area (Å²) in [5.41, 5.74) is 2.13. The molecule has 0 aliphatic carbocycles. The second-order valence-corrected chi connectivity index (χ2v) is 5.19. The molecule has 3 nitrogen and oxygen atoms in total. The van der Waals surface area contributed by atoms with Crippen LogP contribution in [0.4, 0.5) is 0 Å². The van der Waals surface area contributed by atoms with E-state index in [0.717, 1.165) is 4.90 Å². The molecule has 0 heterocycles. The summed E-state index contributed by atoms with van der Waals surface area (Å²) in [5, 5.41) is 0.911. The smallest absolute Gasteiger partial charge is 0.247 e. The molecule has 0 aliphatic rings. The molecule has 0 radical (unpaired) electrons. The van der Waals surface area contributed by atoms with Crippen molar-refractivity contribution in [3.8, 4) is 0 Å². The van der Waals surface area contributed by atoms with E-state index in [1.165, 1.54) is 11.8 Å². The summed E-state index contributed by atoms with van der Waals surface area (Å²) in [6.45, 7) is 1.91. The van der Waals surface area contributed by atoms with E-state index < -0.39 is 0 Å². The number of amides is 1. The number of halogens is 2. The van der Waals surface area contributed by atoms with Gasteiger partial charge in [0, 0.05) is 9.92 Å². The van der Waals surface area contributed by atoms with Crippen LogP contribution >= 0.6 is 35.0 Å². The molecule has 1 rings (SSSR count). The second-order valence-electron chi connectivity index (χ2n) is 3.10. The van der Waals surface area contributed by atoms with Crippen LogP contribution < -0.4 is 11.3 Å². The topological polar surface area (TPSA) is 55.1 Å². The number of hydrazine groups is 1. The van der Waals surface area contributed by atoms with Crippen molar-refractivity contribution in [3.63, 3.8) is 0 Å². The quantitative estimate of drug-likeness (QED) is 0.385. The molecule has 88 valence electrons. The van der Waals surface area contributed by atoms with Gasteiger partial charge in [-0.2, -0.15) is 0 Å². The van der Waals surface area contributed by atoms with Crippen LogP contribution in [0.3, 0.4) is 0 Å². The molecule has 0 spiro atoms. The molecule has 0 saturated heterocycles. The molecule has 1 atom stereocenters. The lowest BCUT2D eigenvalue weighted by Crippen LogP contribution is -2.37. The first kappa shape index (κ1) is 13.6. The number of nitrogens with two attached hydrogens (primary N) is 1. The summed E-state index contributed by atoms with van der Waals surface area (Å²) in [4.78, 5) is 12.2. The molecule has 3 N–H and O–H groups in total. The third-order valence-corrected chi connectivity index (χ3v) is 4.07. The van der Waals surface area contributed by atoms with Crippen molar-refractivity contribution >= 4 is 40.9 Å². The molecule has 0 bridgehead atoms. The monoisotopic (exact) mass is 278 g/mol. The van der Waals surface area contributed by atoms with E-state index in [2.05, 4.69) is 5.43 Å². The molecule has 1 aromatic rings. The number of hydrogen-bond acceptors (Lipinski definition) is 3. The van der Waals surface area contributed by atoms with Crippen LogP contribution in [0, 0.1) is 0 Å². The Morgan fingerprint density at radius 1 is 1.56 bits per heavy atom. The number of benzene rings is 1. The predicted molar refractivity (Wildman–Crippen MR) is 68.7 cm³/mol. The molecule has 1 unspecified atom stereocenters. The van der Waals surface area contributed by atoms with Gasteiger partial charge in [0.1, 0.15) is 0 Å². The van der Waals surface area contributed by atoms with E-state index in [9.17, 15) is 4.79 Å². The van der Waals surface area contributed by atoms with E-state index in [-0.39, 0.29) is 11.2 Å². The van der Waals surface area contributed by atoms with E-state index in [0.29, 0.717) is 16.5 Å². The fraction of sp³-hybridized carbons (Fsp3) is 0.300. The number of rotatable bonds is 4. The first-order valence-corrected chi connectivity index (χ1v) is 6.34. The lowest BCUT2D eigenvalue weighted by atomic mass is 10.3. The SMILES string of the molecule is CCC(Sc1cc(Cl)ccc1Cl)C(=O)NN. The van der Waals surface area contributed by atoms with Gasteiger partial charge in [-0.05, 0) is 24.6 Å². The van der Waals surface area contributed by atoms with E-state index in [1.54, 1.807) is 18.2 Å². The zero-order valence-corrected chi connectivity index (χ0v) is 11.0. The Balaban J connectivity index is 2.85. The van der Waals surface area contributed by atoms with Crippen molar-refractivity contribution < 1.29 is 4.79 Å². The number of carbonyl (C=O) groups is 1. The van der Waals surface area contributed by atoms with Gasteiger partial charge in [0.2, 0.25) is 5.91 Å². The van der Waals surface area contributed by atoms with Crippen molar-refractivity contribution in [1.29, 1.82) is 0 Å². The van der Waals surface area contributed by atoms with Gasteiger partial charge in [-0.15, -0.1) is 11.8 Å². The number of hydrogen-bond donors (Lipinski definition) is 2. The normalized spacial score (nSPS) is 12.2. The van der Waals surface area contributed by atoms with Gasteiger partial charge >= 0.3 is 0 Å². The molecule has 0 aromatic heterocycles. The molecule has 0 saturated carbocycles. The van der Waals surface area contributed by atoms with Gasteiger partial charge in [-0.3, -0.25) is 10.2 Å². The van der Waals surface area contributed by atoms with Crippen LogP contribution in [0.1, 0.15) is 13.3 Å². The highest BCUT2D eigenvalue weighted by atomic mass is 35.5. The molecule has 1 amide bonds. The van der Waals surface area contributed by atoms with E-state index in [1.807, 2.05) is 6.92 Å². The zero-order chi connectivity index (χ0) is 12.1. The van der Waals surface area contributed by atoms with Crippen molar-refractivity contribution in [3.05, 3.63) is 28.2 Å². The standard InChI is InChI=1S/C10H12Cl2N2OS/c1-2-8(10(15)14-13)16-9-5-6(11)3-4-7(9)12/h3-5,8H,2,13H2,1H3,(H,14,15). The maximum Gasteiger partial charge on any atom is 0.247 e. The summed E-state index contributed by atoms with van der Waals surface area (Å²) >= 11 is 13.2. The van der Waals surface area contributed by atoms with Gasteiger partial charge in [0.15, 0.2) is 0 Å². The van der Waals surface area contributed by atoms with Crippen LogP contribution in [0.15, 0.2) is 23.1 Å². The fourth-order valence-corrected chi connectivity index (χ4v) is 2.65. The van der Waals surface area contributed by atoms with Gasteiger partial charge < -0.3 is 0 Å². The summed E-state index contributed by atoms with van der Waals surface area (Å²) in [7, 11) is 0. The molecule has 0 fully saturated rings. The summed E-state index contributed by atoms with van der Waals surface area (Å²) < 4.78 is 0. The Labute approximate surface area is 109 Å². The van der Waals surface area contributed by atoms with Crippen LogP contribution in [-0.2, 0) is 4.79 Å². The first-order chi connectivity index (χ1) is 7.58. The third-order valence-electron chi connectivity index (χ3n) is 1.97. The molecular weight excluding hydrogens is 267 g/mol. The highest BCUT2D eigenvalue weighted by molar-refractivity contribution is 8.00. The van der Waals surface area contributed by atoms with Crippen molar-refractivity contribution in [1.82, 2.24) is 5.43 Å². The van der Waals surface area contributed by atoms with Crippen LogP contribution in [0.5, 0.6) is 0 Å². The Kier molecular flexibility index (Phi) is 5.41. The zero-order valence-electron chi connectivity index (χ0n) is 8.67. The van der Waals surface area contributed by atoms with Crippen LogP contribution in [0.25, 0.3) is 0 Å². The van der Waals surface area contributed by atoms with Crippen molar-refractivity contribution in [2.75, 3.05) is 0 Å². The Morgan fingerprint density at radius 2 is 2.25 bits per heavy atom. The Hall–Kier alpha value is -0.420. The Morgan fingerprint density at radius 3 is 2.81 bits per heavy atom. The van der Waals surface area contributed by atoms with Crippen molar-refractivity contribution in [2.24, 2.45) is 5.84 Å². The largest absolute Gasteiger partial charge is 0.293 e. The lowest BCUT2D eigenvalue weighted by Gasteiger charge is -2.13. The fourth-order valence-electron chi connectivity index (χ4n) is 1.14. The van der Waals surface area contributed by atoms with Crippen LogP contribution in [-0.4, -0.2) is 11.2 Å². The number of carbonyl (C=O) groups excluding carboxylic acids is 1. The average Bonchev–Trinajstić information content (AvgIpc) is 2.29. The highest BCUT2D eigenvalue weighted by Gasteiger charge is 2.18. The maximum absolute atomic E-state index is 11.4. The first-order valence-electron chi connectivity index (χ1n) is 4.70. The summed E-state index contributed by atoms with van der Waals surface area (Å²) in [5.74, 6) is 4.88. The number of nitrogens with one attached hydrogen (secondary N) is 1.